The Morgan fingerprint density at radius 3 is 2.54 bits per heavy atom. The molecule has 182 valence electrons. The Hall–Kier alpha value is -4.18. The summed E-state index contributed by atoms with van der Waals surface area (Å²) in [5.41, 5.74) is 7.07. The molecule has 10 heteroatoms. The van der Waals surface area contributed by atoms with Gasteiger partial charge in [0.05, 0.1) is 12.1 Å². The zero-order valence-electron chi connectivity index (χ0n) is 19.4. The lowest BCUT2D eigenvalue weighted by atomic mass is 10.1. The number of rotatable bonds is 8. The van der Waals surface area contributed by atoms with Gasteiger partial charge in [0.25, 0.3) is 11.8 Å². The van der Waals surface area contributed by atoms with E-state index in [0.29, 0.717) is 54.6 Å². The topological polar surface area (TPSA) is 131 Å². The quantitative estimate of drug-likeness (QED) is 0.508. The largest absolute Gasteiger partial charge is 0.488 e. The van der Waals surface area contributed by atoms with E-state index in [2.05, 4.69) is 10.5 Å². The third kappa shape index (κ3) is 6.24. The van der Waals surface area contributed by atoms with Crippen LogP contribution in [0, 0.1) is 6.92 Å². The molecule has 10 nitrogen and oxygen atoms in total. The van der Waals surface area contributed by atoms with Crippen LogP contribution < -0.4 is 15.8 Å². The molecule has 0 spiro atoms. The summed E-state index contributed by atoms with van der Waals surface area (Å²) in [6.45, 7) is 4.37. The van der Waals surface area contributed by atoms with Gasteiger partial charge in [0.15, 0.2) is 5.82 Å². The van der Waals surface area contributed by atoms with Crippen molar-refractivity contribution in [1.82, 2.24) is 15.0 Å². The Morgan fingerprint density at radius 2 is 1.83 bits per heavy atom. The first-order valence-corrected chi connectivity index (χ1v) is 11.2. The fourth-order valence-electron chi connectivity index (χ4n) is 3.85. The van der Waals surface area contributed by atoms with Gasteiger partial charge in [-0.05, 0) is 36.8 Å². The summed E-state index contributed by atoms with van der Waals surface area (Å²) in [6, 6.07) is 15.6. The van der Waals surface area contributed by atoms with E-state index in [9.17, 15) is 14.4 Å². The van der Waals surface area contributed by atoms with E-state index in [-0.39, 0.29) is 25.0 Å². The highest BCUT2D eigenvalue weighted by Crippen LogP contribution is 2.19. The number of nitrogens with one attached hydrogen (secondary N) is 1. The molecule has 1 saturated heterocycles. The van der Waals surface area contributed by atoms with E-state index in [0.717, 1.165) is 5.56 Å². The fraction of sp³-hybridized carbons (Fsp3) is 0.280. The highest BCUT2D eigenvalue weighted by atomic mass is 16.5. The van der Waals surface area contributed by atoms with Gasteiger partial charge in [-0.1, -0.05) is 29.4 Å². The zero-order chi connectivity index (χ0) is 24.8. The van der Waals surface area contributed by atoms with Crippen LogP contribution in [0.1, 0.15) is 32.0 Å². The van der Waals surface area contributed by atoms with Crippen molar-refractivity contribution < 1.29 is 23.6 Å². The van der Waals surface area contributed by atoms with E-state index < -0.39 is 5.91 Å². The van der Waals surface area contributed by atoms with Crippen LogP contribution in [0.3, 0.4) is 0 Å². The molecular weight excluding hydrogens is 450 g/mol. The number of hydrogen-bond acceptors (Lipinski definition) is 7. The number of aromatic nitrogens is 1. The van der Waals surface area contributed by atoms with Crippen LogP contribution in [-0.2, 0) is 11.4 Å². The van der Waals surface area contributed by atoms with Crippen molar-refractivity contribution >= 4 is 23.5 Å². The second-order valence-corrected chi connectivity index (χ2v) is 8.29. The van der Waals surface area contributed by atoms with Crippen LogP contribution in [0.15, 0.2) is 59.1 Å². The predicted molar refractivity (Wildman–Crippen MR) is 128 cm³/mol. The molecule has 0 atom stereocenters. The Balaban J connectivity index is 1.29. The van der Waals surface area contributed by atoms with Crippen molar-refractivity contribution in [1.29, 1.82) is 0 Å². The standard InChI is InChI=1S/C25H27N5O5/c1-17-13-22(28-35-17)27-23(31)15-29-9-11-30(12-10-29)25(33)19-6-4-5-18(14-19)16-34-21-8-3-2-7-20(21)24(26)32/h2-8,13-14H,9-12,15-16H2,1H3,(H2,26,32)(H,27,28,31). The minimum Gasteiger partial charge on any atom is -0.488 e. The molecule has 2 heterocycles. The van der Waals surface area contributed by atoms with Gasteiger partial charge in [-0.15, -0.1) is 0 Å². The predicted octanol–water partition coefficient (Wildman–Crippen LogP) is 2.06. The smallest absolute Gasteiger partial charge is 0.253 e. The Bertz CT molecular complexity index is 1220. The summed E-state index contributed by atoms with van der Waals surface area (Å²) in [6.07, 6.45) is 0. The van der Waals surface area contributed by atoms with Crippen LogP contribution in [0.25, 0.3) is 0 Å². The number of benzene rings is 2. The zero-order valence-corrected chi connectivity index (χ0v) is 19.4. The number of carbonyl (C=O) groups excluding carboxylic acids is 3. The van der Waals surface area contributed by atoms with Gasteiger partial charge in [-0.25, -0.2) is 0 Å². The van der Waals surface area contributed by atoms with Gasteiger partial charge in [-0.2, -0.15) is 0 Å². The molecular formula is C25H27N5O5. The van der Waals surface area contributed by atoms with E-state index in [1.54, 1.807) is 60.4 Å². The Kier molecular flexibility index (Phi) is 7.41. The second-order valence-electron chi connectivity index (χ2n) is 8.29. The number of aryl methyl sites for hydroxylation is 1. The third-order valence-corrected chi connectivity index (χ3v) is 5.64. The summed E-state index contributed by atoms with van der Waals surface area (Å²) in [7, 11) is 0. The Morgan fingerprint density at radius 1 is 1.06 bits per heavy atom. The third-order valence-electron chi connectivity index (χ3n) is 5.64. The van der Waals surface area contributed by atoms with Gasteiger partial charge in [0, 0.05) is 37.8 Å². The lowest BCUT2D eigenvalue weighted by Gasteiger charge is -2.34. The molecule has 0 saturated carbocycles. The first kappa shape index (κ1) is 24.0. The molecule has 1 aliphatic heterocycles. The van der Waals surface area contributed by atoms with E-state index in [1.807, 2.05) is 11.0 Å². The minimum absolute atomic E-state index is 0.0773. The fourth-order valence-corrected chi connectivity index (χ4v) is 3.85. The number of ether oxygens (including phenoxy) is 1. The van der Waals surface area contributed by atoms with Crippen molar-refractivity contribution in [2.45, 2.75) is 13.5 Å². The highest BCUT2D eigenvalue weighted by Gasteiger charge is 2.24. The summed E-state index contributed by atoms with van der Waals surface area (Å²) >= 11 is 0. The summed E-state index contributed by atoms with van der Waals surface area (Å²) in [5, 5.41) is 6.47. The molecule has 2 aromatic carbocycles. The summed E-state index contributed by atoms with van der Waals surface area (Å²) in [4.78, 5) is 40.6. The molecule has 3 N–H and O–H groups in total. The average molecular weight is 478 g/mol. The first-order chi connectivity index (χ1) is 16.9. The number of carbonyl (C=O) groups is 3. The molecule has 0 unspecified atom stereocenters. The average Bonchev–Trinajstić information content (AvgIpc) is 3.27. The minimum atomic E-state index is -0.561. The van der Waals surface area contributed by atoms with Crippen molar-refractivity contribution in [3.63, 3.8) is 0 Å². The monoisotopic (exact) mass is 477 g/mol. The summed E-state index contributed by atoms with van der Waals surface area (Å²) < 4.78 is 10.7. The van der Waals surface area contributed by atoms with Crippen LogP contribution in [0.2, 0.25) is 0 Å². The van der Waals surface area contributed by atoms with Gasteiger partial charge >= 0.3 is 0 Å². The molecule has 0 bridgehead atoms. The number of para-hydroxylation sites is 1. The summed E-state index contributed by atoms with van der Waals surface area (Å²) in [5.74, 6) is 0.599. The van der Waals surface area contributed by atoms with Gasteiger partial charge in [0.2, 0.25) is 5.91 Å². The van der Waals surface area contributed by atoms with Crippen LogP contribution in [0.5, 0.6) is 5.75 Å². The van der Waals surface area contributed by atoms with Gasteiger partial charge in [-0.3, -0.25) is 19.3 Å². The maximum atomic E-state index is 13.0. The van der Waals surface area contributed by atoms with Crippen molar-refractivity contribution in [3.05, 3.63) is 77.0 Å². The maximum absolute atomic E-state index is 13.0. The molecule has 4 rings (SSSR count). The molecule has 1 aliphatic rings. The number of piperazine rings is 1. The molecule has 1 aromatic heterocycles. The number of hydrogen-bond donors (Lipinski definition) is 2. The number of anilines is 1. The highest BCUT2D eigenvalue weighted by molar-refractivity contribution is 5.96. The number of nitrogens with zero attached hydrogens (tertiary/aromatic N) is 3. The van der Waals surface area contributed by atoms with E-state index in [1.165, 1.54) is 0 Å². The van der Waals surface area contributed by atoms with Crippen LogP contribution in [0.4, 0.5) is 5.82 Å². The molecule has 0 aliphatic carbocycles. The first-order valence-electron chi connectivity index (χ1n) is 11.2. The number of primary amides is 1. The Labute approximate surface area is 202 Å². The SMILES string of the molecule is Cc1cc(NC(=O)CN2CCN(C(=O)c3cccc(COc4ccccc4C(N)=O)c3)CC2)no1. The number of nitrogens with two attached hydrogens (primary N) is 1. The van der Waals surface area contributed by atoms with E-state index in [4.69, 9.17) is 15.0 Å². The van der Waals surface area contributed by atoms with Crippen LogP contribution >= 0.6 is 0 Å². The van der Waals surface area contributed by atoms with Crippen molar-refractivity contribution in [2.24, 2.45) is 5.73 Å². The van der Waals surface area contributed by atoms with Gasteiger partial charge < -0.3 is 25.2 Å². The van der Waals surface area contributed by atoms with Crippen molar-refractivity contribution in [3.8, 4) is 5.75 Å². The number of amides is 3. The maximum Gasteiger partial charge on any atom is 0.253 e. The molecule has 3 amide bonds. The van der Waals surface area contributed by atoms with E-state index >= 15 is 0 Å². The van der Waals surface area contributed by atoms with Crippen molar-refractivity contribution in [2.75, 3.05) is 38.0 Å². The van der Waals surface area contributed by atoms with Crippen LogP contribution in [-0.4, -0.2) is 65.4 Å². The second kappa shape index (κ2) is 10.8. The normalized spacial score (nSPS) is 13.9. The lowest BCUT2D eigenvalue weighted by molar-refractivity contribution is -0.117. The lowest BCUT2D eigenvalue weighted by Crippen LogP contribution is -2.50. The van der Waals surface area contributed by atoms with Gasteiger partial charge in [0.1, 0.15) is 18.1 Å². The molecule has 1 fully saturated rings. The molecule has 3 aromatic rings. The molecule has 35 heavy (non-hydrogen) atoms. The molecule has 0 radical (unpaired) electrons.